The summed E-state index contributed by atoms with van der Waals surface area (Å²) in [6.45, 7) is 3.00. The summed E-state index contributed by atoms with van der Waals surface area (Å²) >= 11 is 0.999. The second-order valence-electron chi connectivity index (χ2n) is 6.64. The van der Waals surface area contributed by atoms with Crippen LogP contribution in [0.3, 0.4) is 0 Å². The zero-order valence-corrected chi connectivity index (χ0v) is 18.3. The lowest BCUT2D eigenvalue weighted by Crippen LogP contribution is -2.47. The van der Waals surface area contributed by atoms with Gasteiger partial charge in [0.25, 0.3) is 10.0 Å². The molecule has 0 spiro atoms. The lowest BCUT2D eigenvalue weighted by Gasteiger charge is -2.35. The van der Waals surface area contributed by atoms with Crippen LogP contribution >= 0.6 is 11.3 Å². The normalized spacial score (nSPS) is 14.4. The third-order valence-corrected chi connectivity index (χ3v) is 7.16. The number of ether oxygens (including phenoxy) is 1. The number of rotatable bonds is 6. The first kappa shape index (κ1) is 21.0. The van der Waals surface area contributed by atoms with Crippen molar-refractivity contribution in [1.82, 2.24) is 15.0 Å². The molecular weight excluding hydrogens is 440 g/mol. The first-order chi connectivity index (χ1) is 15.0. The number of hydrogen-bond acceptors (Lipinski definition) is 10. The Balaban J connectivity index is 1.41. The second kappa shape index (κ2) is 8.86. The Morgan fingerprint density at radius 3 is 2.42 bits per heavy atom. The van der Waals surface area contributed by atoms with E-state index < -0.39 is 16.0 Å². The van der Waals surface area contributed by atoms with Crippen LogP contribution in [0.2, 0.25) is 0 Å². The molecule has 0 atom stereocenters. The zero-order valence-electron chi connectivity index (χ0n) is 16.6. The largest absolute Gasteiger partial charge is 0.465 e. The van der Waals surface area contributed by atoms with Crippen LogP contribution in [-0.4, -0.2) is 62.6 Å². The quantitative estimate of drug-likeness (QED) is 0.550. The molecule has 4 heterocycles. The first-order valence-electron chi connectivity index (χ1n) is 9.39. The number of nitrogens with one attached hydrogen (secondary N) is 1. The van der Waals surface area contributed by atoms with Crippen LogP contribution < -0.4 is 14.5 Å². The maximum Gasteiger partial charge on any atom is 0.349 e. The summed E-state index contributed by atoms with van der Waals surface area (Å²) < 4.78 is 32.4. The summed E-state index contributed by atoms with van der Waals surface area (Å²) in [7, 11) is -2.78. The standard InChI is InChI=1S/C19H20N6O4S2/c1-29-18(26)17-15(5-11-30-17)31(27,28)23-14-12-21-19(22-13-14)25-9-7-24(8-10-25)16-4-2-3-6-20-16/h2-6,11-13,23H,7-10H2,1H3. The Morgan fingerprint density at radius 2 is 1.77 bits per heavy atom. The van der Waals surface area contributed by atoms with Crippen molar-refractivity contribution in [2.75, 3.05) is 47.8 Å². The number of nitrogens with zero attached hydrogens (tertiary/aromatic N) is 5. The molecule has 0 radical (unpaired) electrons. The summed E-state index contributed by atoms with van der Waals surface area (Å²) in [5.41, 5.74) is 0.206. The lowest BCUT2D eigenvalue weighted by atomic mass is 10.3. The molecule has 0 unspecified atom stereocenters. The monoisotopic (exact) mass is 460 g/mol. The smallest absolute Gasteiger partial charge is 0.349 e. The highest BCUT2D eigenvalue weighted by molar-refractivity contribution is 7.93. The van der Waals surface area contributed by atoms with Crippen molar-refractivity contribution in [3.63, 3.8) is 0 Å². The van der Waals surface area contributed by atoms with Crippen molar-refractivity contribution in [3.8, 4) is 0 Å². The zero-order chi connectivity index (χ0) is 21.8. The van der Waals surface area contributed by atoms with Crippen LogP contribution in [-0.2, 0) is 14.8 Å². The van der Waals surface area contributed by atoms with Crippen molar-refractivity contribution < 1.29 is 17.9 Å². The average Bonchev–Trinajstić information content (AvgIpc) is 3.31. The Labute approximate surface area is 183 Å². The van der Waals surface area contributed by atoms with Crippen molar-refractivity contribution in [1.29, 1.82) is 0 Å². The minimum atomic E-state index is -3.98. The minimum Gasteiger partial charge on any atom is -0.465 e. The number of hydrogen-bond donors (Lipinski definition) is 1. The number of aromatic nitrogens is 3. The van der Waals surface area contributed by atoms with Crippen molar-refractivity contribution in [2.24, 2.45) is 0 Å². The summed E-state index contributed by atoms with van der Waals surface area (Å²) in [5, 5.41) is 1.52. The van der Waals surface area contributed by atoms with Crippen molar-refractivity contribution in [2.45, 2.75) is 4.90 Å². The minimum absolute atomic E-state index is 0.0123. The van der Waals surface area contributed by atoms with Gasteiger partial charge in [0, 0.05) is 32.4 Å². The third kappa shape index (κ3) is 4.59. The van der Waals surface area contributed by atoms with E-state index in [1.807, 2.05) is 23.1 Å². The van der Waals surface area contributed by atoms with Gasteiger partial charge in [0.1, 0.15) is 15.6 Å². The molecule has 0 bridgehead atoms. The molecule has 162 valence electrons. The molecular formula is C19H20N6O4S2. The van der Waals surface area contributed by atoms with Crippen LogP contribution in [0.1, 0.15) is 9.67 Å². The Kier molecular flexibility index (Phi) is 6.00. The van der Waals surface area contributed by atoms with Crippen LogP contribution in [0.25, 0.3) is 0 Å². The van der Waals surface area contributed by atoms with Crippen LogP contribution in [0.4, 0.5) is 17.5 Å². The highest BCUT2D eigenvalue weighted by Crippen LogP contribution is 2.25. The maximum atomic E-state index is 12.7. The van der Waals surface area contributed by atoms with Gasteiger partial charge in [0.15, 0.2) is 0 Å². The molecule has 1 aliphatic rings. The molecule has 3 aromatic rings. The van der Waals surface area contributed by atoms with Gasteiger partial charge in [-0.15, -0.1) is 11.3 Å². The molecule has 1 aliphatic heterocycles. The Morgan fingerprint density at radius 1 is 1.06 bits per heavy atom. The number of carbonyl (C=O) groups excluding carboxylic acids is 1. The fraction of sp³-hybridized carbons (Fsp3) is 0.263. The van der Waals surface area contributed by atoms with E-state index in [0.717, 1.165) is 43.3 Å². The molecule has 12 heteroatoms. The first-order valence-corrected chi connectivity index (χ1v) is 11.8. The molecule has 1 fully saturated rings. The molecule has 4 rings (SSSR count). The number of methoxy groups -OCH3 is 1. The number of sulfonamides is 1. The van der Waals surface area contributed by atoms with Gasteiger partial charge < -0.3 is 14.5 Å². The van der Waals surface area contributed by atoms with E-state index in [0.29, 0.717) is 5.95 Å². The molecule has 0 aromatic carbocycles. The molecule has 0 saturated carbocycles. The number of thiophene rings is 1. The van der Waals surface area contributed by atoms with Gasteiger partial charge in [-0.25, -0.2) is 28.2 Å². The van der Waals surface area contributed by atoms with Gasteiger partial charge >= 0.3 is 5.97 Å². The fourth-order valence-corrected chi connectivity index (χ4v) is 5.54. The average molecular weight is 461 g/mol. The molecule has 10 nitrogen and oxygen atoms in total. The van der Waals surface area contributed by atoms with Gasteiger partial charge in [-0.05, 0) is 23.6 Å². The number of carbonyl (C=O) groups is 1. The van der Waals surface area contributed by atoms with E-state index in [-0.39, 0.29) is 15.5 Å². The maximum absolute atomic E-state index is 12.7. The number of pyridine rings is 1. The van der Waals surface area contributed by atoms with E-state index in [1.54, 1.807) is 6.20 Å². The second-order valence-corrected chi connectivity index (χ2v) is 9.21. The van der Waals surface area contributed by atoms with Gasteiger partial charge in [0.05, 0.1) is 25.2 Å². The summed E-state index contributed by atoms with van der Waals surface area (Å²) in [6.07, 6.45) is 4.60. The SMILES string of the molecule is COC(=O)c1sccc1S(=O)(=O)Nc1cnc(N2CCN(c3ccccn3)CC2)nc1. The summed E-state index contributed by atoms with van der Waals surface area (Å²) in [4.78, 5) is 28.9. The number of esters is 1. The van der Waals surface area contributed by atoms with Crippen LogP contribution in [0, 0.1) is 0 Å². The lowest BCUT2D eigenvalue weighted by molar-refractivity contribution is 0.0602. The molecule has 0 aliphatic carbocycles. The van der Waals surface area contributed by atoms with Crippen LogP contribution in [0.5, 0.6) is 0 Å². The van der Waals surface area contributed by atoms with Crippen molar-refractivity contribution in [3.05, 3.63) is 53.1 Å². The Bertz CT molecular complexity index is 1140. The third-order valence-electron chi connectivity index (χ3n) is 4.72. The van der Waals surface area contributed by atoms with Crippen LogP contribution in [0.15, 0.2) is 53.1 Å². The van der Waals surface area contributed by atoms with E-state index in [9.17, 15) is 13.2 Å². The van der Waals surface area contributed by atoms with Crippen molar-refractivity contribution >= 4 is 44.8 Å². The van der Waals surface area contributed by atoms with Gasteiger partial charge in [-0.1, -0.05) is 6.07 Å². The fourth-order valence-electron chi connectivity index (χ4n) is 3.17. The van der Waals surface area contributed by atoms with Gasteiger partial charge in [0.2, 0.25) is 5.95 Å². The van der Waals surface area contributed by atoms with E-state index in [2.05, 4.69) is 29.3 Å². The van der Waals surface area contributed by atoms with E-state index in [1.165, 1.54) is 30.9 Å². The molecule has 1 saturated heterocycles. The van der Waals surface area contributed by atoms with Gasteiger partial charge in [-0.3, -0.25) is 4.72 Å². The molecule has 1 N–H and O–H groups in total. The molecule has 3 aromatic heterocycles. The predicted molar refractivity (Wildman–Crippen MR) is 117 cm³/mol. The number of piperazine rings is 1. The highest BCUT2D eigenvalue weighted by Gasteiger charge is 2.25. The van der Waals surface area contributed by atoms with E-state index in [4.69, 9.17) is 0 Å². The topological polar surface area (TPSA) is 118 Å². The van der Waals surface area contributed by atoms with Gasteiger partial charge in [-0.2, -0.15) is 0 Å². The predicted octanol–water partition coefficient (Wildman–Crippen LogP) is 1.85. The van der Waals surface area contributed by atoms with E-state index >= 15 is 0 Å². The highest BCUT2D eigenvalue weighted by atomic mass is 32.2. The summed E-state index contributed by atoms with van der Waals surface area (Å²) in [6, 6.07) is 7.18. The number of anilines is 3. The molecule has 0 amide bonds. The molecule has 31 heavy (non-hydrogen) atoms. The summed E-state index contributed by atoms with van der Waals surface area (Å²) in [5.74, 6) is 0.758. The Hall–Kier alpha value is -3.25.